The topological polar surface area (TPSA) is 71.8 Å². The molecule has 3 heterocycles. The molecular formula is C20H23N5O2. The van der Waals surface area contributed by atoms with E-state index >= 15 is 0 Å². The van der Waals surface area contributed by atoms with Gasteiger partial charge in [0.05, 0.1) is 18.3 Å². The Bertz CT molecular complexity index is 982. The number of nitrogens with one attached hydrogen (secondary N) is 1. The molecule has 1 N–H and O–H groups in total. The molecule has 3 aromatic rings. The highest BCUT2D eigenvalue weighted by Crippen LogP contribution is 2.36. The van der Waals surface area contributed by atoms with E-state index in [0.29, 0.717) is 13.0 Å². The predicted octanol–water partition coefficient (Wildman–Crippen LogP) is 2.04. The first kappa shape index (κ1) is 17.5. The van der Waals surface area contributed by atoms with E-state index in [4.69, 9.17) is 4.74 Å². The Hall–Kier alpha value is -2.93. The lowest BCUT2D eigenvalue weighted by Gasteiger charge is -2.20. The number of aromatic nitrogens is 3. The van der Waals surface area contributed by atoms with Crippen molar-refractivity contribution in [1.82, 2.24) is 25.0 Å². The molecular weight excluding hydrogens is 342 g/mol. The van der Waals surface area contributed by atoms with Gasteiger partial charge in [0.1, 0.15) is 5.75 Å². The summed E-state index contributed by atoms with van der Waals surface area (Å²) in [6.07, 6.45) is 2.27. The number of fused-ring (bicyclic) bond motifs is 1. The normalized spacial score (nSPS) is 15.6. The highest BCUT2D eigenvalue weighted by atomic mass is 16.5. The van der Waals surface area contributed by atoms with Gasteiger partial charge in [-0.3, -0.25) is 9.69 Å². The van der Waals surface area contributed by atoms with Gasteiger partial charge in [-0.25, -0.2) is 0 Å². The van der Waals surface area contributed by atoms with Crippen LogP contribution in [0.3, 0.4) is 0 Å². The fourth-order valence-electron chi connectivity index (χ4n) is 3.62. The Morgan fingerprint density at radius 3 is 3.00 bits per heavy atom. The summed E-state index contributed by atoms with van der Waals surface area (Å²) >= 11 is 0. The molecule has 0 bridgehead atoms. The van der Waals surface area contributed by atoms with Crippen LogP contribution in [0, 0.1) is 6.92 Å². The van der Waals surface area contributed by atoms with Crippen LogP contribution in [0.5, 0.6) is 5.75 Å². The number of amides is 1. The van der Waals surface area contributed by atoms with E-state index in [-0.39, 0.29) is 5.91 Å². The van der Waals surface area contributed by atoms with Gasteiger partial charge in [-0.05, 0) is 36.8 Å². The SMILES string of the molecule is COc1ccc(CN2CCNC(=O)CC2)cc1-c1c(C)nn2ncccc12. The zero-order chi connectivity index (χ0) is 18.8. The van der Waals surface area contributed by atoms with Crippen molar-refractivity contribution >= 4 is 11.4 Å². The van der Waals surface area contributed by atoms with E-state index < -0.39 is 0 Å². The van der Waals surface area contributed by atoms with Crippen molar-refractivity contribution in [3.63, 3.8) is 0 Å². The van der Waals surface area contributed by atoms with Gasteiger partial charge >= 0.3 is 0 Å². The average molecular weight is 365 g/mol. The minimum atomic E-state index is 0.127. The molecule has 0 spiro atoms. The number of aryl methyl sites for hydroxylation is 1. The zero-order valence-corrected chi connectivity index (χ0v) is 15.6. The quantitative estimate of drug-likeness (QED) is 0.766. The predicted molar refractivity (Wildman–Crippen MR) is 103 cm³/mol. The molecule has 0 radical (unpaired) electrons. The average Bonchev–Trinajstić information content (AvgIpc) is 2.87. The summed E-state index contributed by atoms with van der Waals surface area (Å²) in [5.41, 5.74) is 5.10. The molecule has 1 aromatic carbocycles. The van der Waals surface area contributed by atoms with Crippen molar-refractivity contribution < 1.29 is 9.53 Å². The second-order valence-electron chi connectivity index (χ2n) is 6.77. The number of benzene rings is 1. The first-order valence-electron chi connectivity index (χ1n) is 9.12. The molecule has 0 saturated carbocycles. The third kappa shape index (κ3) is 3.50. The lowest BCUT2D eigenvalue weighted by atomic mass is 10.0. The van der Waals surface area contributed by atoms with Crippen LogP contribution in [0.2, 0.25) is 0 Å². The summed E-state index contributed by atoms with van der Waals surface area (Å²) in [5.74, 6) is 0.940. The van der Waals surface area contributed by atoms with E-state index in [9.17, 15) is 4.79 Å². The van der Waals surface area contributed by atoms with Crippen LogP contribution in [0.15, 0.2) is 36.5 Å². The summed E-state index contributed by atoms with van der Waals surface area (Å²) < 4.78 is 7.28. The van der Waals surface area contributed by atoms with Crippen LogP contribution < -0.4 is 10.1 Å². The third-order valence-corrected chi connectivity index (χ3v) is 4.94. The van der Waals surface area contributed by atoms with Crippen molar-refractivity contribution in [3.8, 4) is 16.9 Å². The molecule has 0 aliphatic carbocycles. The molecule has 1 saturated heterocycles. The number of hydrogen-bond acceptors (Lipinski definition) is 5. The van der Waals surface area contributed by atoms with Gasteiger partial charge in [-0.2, -0.15) is 14.8 Å². The van der Waals surface area contributed by atoms with Crippen molar-refractivity contribution in [3.05, 3.63) is 47.8 Å². The van der Waals surface area contributed by atoms with Gasteiger partial charge in [-0.1, -0.05) is 6.07 Å². The summed E-state index contributed by atoms with van der Waals surface area (Å²) in [6.45, 7) is 5.10. The maximum atomic E-state index is 11.6. The number of rotatable bonds is 4. The molecule has 1 aliphatic heterocycles. The van der Waals surface area contributed by atoms with Crippen molar-refractivity contribution in [1.29, 1.82) is 0 Å². The molecule has 4 rings (SSSR count). The second kappa shape index (κ2) is 7.36. The largest absolute Gasteiger partial charge is 0.496 e. The summed E-state index contributed by atoms with van der Waals surface area (Å²) in [4.78, 5) is 13.9. The van der Waals surface area contributed by atoms with Crippen LogP contribution in [0.1, 0.15) is 17.7 Å². The van der Waals surface area contributed by atoms with Crippen molar-refractivity contribution in [2.24, 2.45) is 0 Å². The molecule has 1 fully saturated rings. The number of carbonyl (C=O) groups excluding carboxylic acids is 1. The first-order valence-corrected chi connectivity index (χ1v) is 9.12. The van der Waals surface area contributed by atoms with Gasteiger partial charge in [0.2, 0.25) is 5.91 Å². The third-order valence-electron chi connectivity index (χ3n) is 4.94. The standard InChI is InChI=1S/C20H23N5O2/c1-14-20(17-4-3-8-22-25(17)23-14)16-12-15(5-6-18(16)27-2)13-24-10-7-19(26)21-9-11-24/h3-6,8,12H,7,9-11,13H2,1-2H3,(H,21,26). The molecule has 7 heteroatoms. The molecule has 7 nitrogen and oxygen atoms in total. The molecule has 1 aliphatic rings. The number of carbonyl (C=O) groups is 1. The Balaban J connectivity index is 1.71. The van der Waals surface area contributed by atoms with Crippen LogP contribution in [0.25, 0.3) is 16.6 Å². The van der Waals surface area contributed by atoms with Gasteiger partial charge < -0.3 is 10.1 Å². The highest BCUT2D eigenvalue weighted by molar-refractivity contribution is 5.85. The smallest absolute Gasteiger partial charge is 0.221 e. The maximum absolute atomic E-state index is 11.6. The van der Waals surface area contributed by atoms with E-state index in [1.54, 1.807) is 17.9 Å². The zero-order valence-electron chi connectivity index (χ0n) is 15.6. The fraction of sp³-hybridized carbons (Fsp3) is 0.350. The van der Waals surface area contributed by atoms with Gasteiger partial charge in [0.25, 0.3) is 0 Å². The lowest BCUT2D eigenvalue weighted by Crippen LogP contribution is -2.28. The van der Waals surface area contributed by atoms with Gasteiger partial charge in [0, 0.05) is 49.9 Å². The monoisotopic (exact) mass is 365 g/mol. The van der Waals surface area contributed by atoms with Gasteiger partial charge in [0.15, 0.2) is 0 Å². The van der Waals surface area contributed by atoms with Gasteiger partial charge in [-0.15, -0.1) is 0 Å². The van der Waals surface area contributed by atoms with E-state index in [2.05, 4.69) is 32.5 Å². The van der Waals surface area contributed by atoms with E-state index in [1.807, 2.05) is 25.1 Å². The highest BCUT2D eigenvalue weighted by Gasteiger charge is 2.18. The fourth-order valence-corrected chi connectivity index (χ4v) is 3.62. The molecule has 2 aromatic heterocycles. The molecule has 140 valence electrons. The summed E-state index contributed by atoms with van der Waals surface area (Å²) in [7, 11) is 1.68. The number of hydrogen-bond donors (Lipinski definition) is 1. The number of nitrogens with zero attached hydrogens (tertiary/aromatic N) is 4. The van der Waals surface area contributed by atoms with E-state index in [1.165, 1.54) is 5.56 Å². The molecule has 0 unspecified atom stereocenters. The minimum Gasteiger partial charge on any atom is -0.496 e. The van der Waals surface area contributed by atoms with Crippen molar-refractivity contribution in [2.75, 3.05) is 26.7 Å². The lowest BCUT2D eigenvalue weighted by molar-refractivity contribution is -0.120. The first-order chi connectivity index (χ1) is 13.2. The second-order valence-corrected chi connectivity index (χ2v) is 6.77. The summed E-state index contributed by atoms with van der Waals surface area (Å²) in [6, 6.07) is 10.2. The molecule has 0 atom stereocenters. The van der Waals surface area contributed by atoms with Crippen LogP contribution in [-0.4, -0.2) is 52.4 Å². The van der Waals surface area contributed by atoms with Crippen LogP contribution in [-0.2, 0) is 11.3 Å². The minimum absolute atomic E-state index is 0.127. The Kier molecular flexibility index (Phi) is 4.77. The Labute approximate surface area is 157 Å². The molecule has 1 amide bonds. The van der Waals surface area contributed by atoms with E-state index in [0.717, 1.165) is 47.7 Å². The Morgan fingerprint density at radius 2 is 2.15 bits per heavy atom. The molecule has 27 heavy (non-hydrogen) atoms. The number of methoxy groups -OCH3 is 1. The Morgan fingerprint density at radius 1 is 1.26 bits per heavy atom. The van der Waals surface area contributed by atoms with Crippen LogP contribution >= 0.6 is 0 Å². The van der Waals surface area contributed by atoms with Crippen LogP contribution in [0.4, 0.5) is 0 Å². The summed E-state index contributed by atoms with van der Waals surface area (Å²) in [5, 5.41) is 11.7. The van der Waals surface area contributed by atoms with Crippen molar-refractivity contribution in [2.45, 2.75) is 19.9 Å². The maximum Gasteiger partial charge on any atom is 0.221 e. The number of ether oxygens (including phenoxy) is 1.